The molecule has 1 N–H and O–H groups in total. The van der Waals surface area contributed by atoms with Crippen LogP contribution in [-0.2, 0) is 18.6 Å². The Morgan fingerprint density at radius 1 is 1.09 bits per heavy atom. The van der Waals surface area contributed by atoms with Crippen LogP contribution in [-0.4, -0.2) is 36.5 Å². The third-order valence-corrected chi connectivity index (χ3v) is 3.09. The van der Waals surface area contributed by atoms with Gasteiger partial charge in [-0.2, -0.15) is 0 Å². The lowest BCUT2D eigenvalue weighted by Crippen LogP contribution is -2.16. The molecular formula is C16H28O5P2. The highest BCUT2D eigenvalue weighted by Crippen LogP contribution is 2.07. The van der Waals surface area contributed by atoms with Crippen LogP contribution in [0.15, 0.2) is 0 Å². The first-order valence-corrected chi connectivity index (χ1v) is 8.31. The topological polar surface area (TPSA) is 65.0 Å². The van der Waals surface area contributed by atoms with E-state index < -0.39 is 0 Å². The van der Waals surface area contributed by atoms with E-state index in [1.165, 1.54) is 6.92 Å². The summed E-state index contributed by atoms with van der Waals surface area (Å²) in [6.07, 6.45) is 13.7. The molecule has 5 nitrogen and oxygen atoms in total. The van der Waals surface area contributed by atoms with Gasteiger partial charge in [0.25, 0.3) is 0 Å². The third-order valence-electron chi connectivity index (χ3n) is 2.62. The third kappa shape index (κ3) is 21.3. The fourth-order valence-electron chi connectivity index (χ4n) is 1.60. The van der Waals surface area contributed by atoms with Crippen molar-refractivity contribution in [2.45, 2.75) is 57.7 Å². The van der Waals surface area contributed by atoms with E-state index in [9.17, 15) is 4.79 Å². The average Bonchev–Trinajstić information content (AvgIpc) is 2.48. The molecule has 0 saturated carbocycles. The normalized spacial score (nSPS) is 12.1. The van der Waals surface area contributed by atoms with Gasteiger partial charge in [0, 0.05) is 38.7 Å². The van der Waals surface area contributed by atoms with Crippen LogP contribution in [0.3, 0.4) is 0 Å². The van der Waals surface area contributed by atoms with Gasteiger partial charge in [-0.05, 0) is 25.7 Å². The van der Waals surface area contributed by atoms with E-state index in [-0.39, 0.29) is 18.2 Å². The highest BCUT2D eigenvalue weighted by atomic mass is 31.0. The Labute approximate surface area is 144 Å². The number of esters is 1. The van der Waals surface area contributed by atoms with Gasteiger partial charge in [-0.25, -0.2) is 0 Å². The summed E-state index contributed by atoms with van der Waals surface area (Å²) >= 11 is 0. The second-order valence-corrected chi connectivity index (χ2v) is 5.39. The van der Waals surface area contributed by atoms with Crippen LogP contribution in [0, 0.1) is 24.7 Å². The van der Waals surface area contributed by atoms with Gasteiger partial charge >= 0.3 is 5.97 Å². The first kappa shape index (κ1) is 24.6. The predicted octanol–water partition coefficient (Wildman–Crippen LogP) is 2.49. The van der Waals surface area contributed by atoms with Crippen molar-refractivity contribution >= 4 is 24.9 Å². The van der Waals surface area contributed by atoms with Crippen molar-refractivity contribution in [3.05, 3.63) is 0 Å². The van der Waals surface area contributed by atoms with E-state index in [1.54, 1.807) is 0 Å². The predicted molar refractivity (Wildman–Crippen MR) is 98.3 cm³/mol. The summed E-state index contributed by atoms with van der Waals surface area (Å²) in [5.41, 5.74) is 0. The summed E-state index contributed by atoms with van der Waals surface area (Å²) in [6.45, 7) is 2.68. The van der Waals surface area contributed by atoms with Crippen LogP contribution in [0.2, 0.25) is 0 Å². The van der Waals surface area contributed by atoms with Crippen molar-refractivity contribution in [1.29, 1.82) is 0 Å². The van der Waals surface area contributed by atoms with Crippen LogP contribution in [0.1, 0.15) is 45.4 Å². The molecule has 0 heterocycles. The van der Waals surface area contributed by atoms with E-state index >= 15 is 0 Å². The fourth-order valence-corrected chi connectivity index (χ4v) is 1.94. The van der Waals surface area contributed by atoms with Gasteiger partial charge in [0.1, 0.15) is 6.10 Å². The fraction of sp³-hybridized carbons (Fsp3) is 0.688. The minimum absolute atomic E-state index is 0.164. The summed E-state index contributed by atoms with van der Waals surface area (Å²) in [6, 6.07) is 0. The molecule has 0 spiro atoms. The zero-order chi connectivity index (χ0) is 17.9. The number of hydrogen-bond donors (Lipinski definition) is 1. The molecule has 0 rings (SSSR count). The van der Waals surface area contributed by atoms with Crippen LogP contribution >= 0.6 is 18.9 Å². The zero-order valence-corrected chi connectivity index (χ0v) is 16.0. The Morgan fingerprint density at radius 3 is 2.04 bits per heavy atom. The van der Waals surface area contributed by atoms with Crippen LogP contribution < -0.4 is 0 Å². The van der Waals surface area contributed by atoms with E-state index in [0.29, 0.717) is 26.1 Å². The summed E-state index contributed by atoms with van der Waals surface area (Å²) in [7, 11) is 4.34. The van der Waals surface area contributed by atoms with Crippen molar-refractivity contribution < 1.29 is 23.7 Å². The molecule has 0 saturated heterocycles. The number of ether oxygens (including phenoxy) is 1. The largest absolute Gasteiger partial charge is 0.462 e. The Balaban J connectivity index is 0. The van der Waals surface area contributed by atoms with Crippen LogP contribution in [0.4, 0.5) is 0 Å². The highest BCUT2D eigenvalue weighted by Gasteiger charge is 2.09. The molecular weight excluding hydrogens is 334 g/mol. The first-order chi connectivity index (χ1) is 11.0. The van der Waals surface area contributed by atoms with E-state index in [1.807, 2.05) is 0 Å². The molecule has 0 amide bonds. The molecule has 0 aliphatic rings. The minimum Gasteiger partial charge on any atom is -0.462 e. The zero-order valence-electron chi connectivity index (χ0n) is 13.7. The SMILES string of the molecule is C#CC[C@H](CCCOP)OC(C)=O.C#CC[C@H](O)CCCOP. The number of rotatable bonds is 11. The summed E-state index contributed by atoms with van der Waals surface area (Å²) in [4.78, 5) is 10.6. The second-order valence-electron chi connectivity index (χ2n) is 4.73. The highest BCUT2D eigenvalue weighted by molar-refractivity contribution is 7.10. The van der Waals surface area contributed by atoms with Gasteiger partial charge in [-0.3, -0.25) is 4.79 Å². The maximum absolute atomic E-state index is 10.6. The molecule has 0 aliphatic heterocycles. The molecule has 132 valence electrons. The molecule has 0 aromatic heterocycles. The Kier molecular flexibility index (Phi) is 20.7. The lowest BCUT2D eigenvalue weighted by atomic mass is 10.1. The van der Waals surface area contributed by atoms with Gasteiger partial charge in [-0.15, -0.1) is 24.7 Å². The maximum Gasteiger partial charge on any atom is 0.302 e. The molecule has 2 unspecified atom stereocenters. The van der Waals surface area contributed by atoms with Gasteiger partial charge in [0.15, 0.2) is 0 Å². The second kappa shape index (κ2) is 19.4. The lowest BCUT2D eigenvalue weighted by molar-refractivity contribution is -0.146. The monoisotopic (exact) mass is 362 g/mol. The standard InChI is InChI=1S/C9H15O3P.C7H13O2P/c1-3-5-9(12-8(2)10)6-4-7-11-13;1-2-4-7(8)5-3-6-9-10/h1,9H,4-7,13H2,2H3;1,7-8H,3-6,10H2/t9-;7-/m10/s1. The Bertz CT molecular complexity index is 362. The van der Waals surface area contributed by atoms with E-state index in [2.05, 4.69) is 30.8 Å². The molecule has 0 aromatic rings. The Morgan fingerprint density at radius 2 is 1.61 bits per heavy atom. The minimum atomic E-state index is -0.356. The van der Waals surface area contributed by atoms with Gasteiger partial charge < -0.3 is 18.9 Å². The number of aliphatic hydroxyl groups is 1. The smallest absolute Gasteiger partial charge is 0.302 e. The molecule has 0 bridgehead atoms. The summed E-state index contributed by atoms with van der Waals surface area (Å²) in [5.74, 6) is 4.59. The van der Waals surface area contributed by atoms with Crippen LogP contribution in [0.25, 0.3) is 0 Å². The lowest BCUT2D eigenvalue weighted by Gasteiger charge is -2.13. The van der Waals surface area contributed by atoms with Crippen molar-refractivity contribution in [1.82, 2.24) is 0 Å². The molecule has 0 aliphatic carbocycles. The molecule has 0 fully saturated rings. The van der Waals surface area contributed by atoms with Crippen molar-refractivity contribution in [3.8, 4) is 24.7 Å². The van der Waals surface area contributed by atoms with Crippen LogP contribution in [0.5, 0.6) is 0 Å². The number of terminal acetylenes is 2. The van der Waals surface area contributed by atoms with Gasteiger partial charge in [-0.1, -0.05) is 0 Å². The molecule has 0 radical (unpaired) electrons. The molecule has 7 heteroatoms. The van der Waals surface area contributed by atoms with E-state index in [4.69, 9.17) is 31.7 Å². The maximum atomic E-state index is 10.6. The number of carbonyl (C=O) groups is 1. The Hall–Kier alpha value is -0.670. The van der Waals surface area contributed by atoms with Crippen molar-refractivity contribution in [2.75, 3.05) is 13.2 Å². The van der Waals surface area contributed by atoms with E-state index in [0.717, 1.165) is 25.7 Å². The summed E-state index contributed by atoms with van der Waals surface area (Å²) in [5, 5.41) is 9.07. The van der Waals surface area contributed by atoms with Crippen molar-refractivity contribution in [3.63, 3.8) is 0 Å². The van der Waals surface area contributed by atoms with Gasteiger partial charge in [0.2, 0.25) is 0 Å². The summed E-state index contributed by atoms with van der Waals surface area (Å²) < 4.78 is 14.5. The number of aliphatic hydroxyl groups excluding tert-OH is 1. The number of hydrogen-bond acceptors (Lipinski definition) is 5. The molecule has 0 aromatic carbocycles. The first-order valence-electron chi connectivity index (χ1n) is 7.37. The average molecular weight is 362 g/mol. The quantitative estimate of drug-likeness (QED) is 0.265. The van der Waals surface area contributed by atoms with Crippen molar-refractivity contribution in [2.24, 2.45) is 0 Å². The molecule has 4 atom stereocenters. The number of carbonyl (C=O) groups excluding carboxylic acids is 1. The van der Waals surface area contributed by atoms with Gasteiger partial charge in [0.05, 0.1) is 19.3 Å². The molecule has 23 heavy (non-hydrogen) atoms.